The second-order valence-electron chi connectivity index (χ2n) is 4.55. The number of rotatable bonds is 2. The van der Waals surface area contributed by atoms with Crippen molar-refractivity contribution in [1.29, 1.82) is 0 Å². The van der Waals surface area contributed by atoms with Crippen molar-refractivity contribution in [3.63, 3.8) is 0 Å². The molecule has 1 N–H and O–H groups in total. The van der Waals surface area contributed by atoms with E-state index in [0.717, 1.165) is 11.1 Å². The summed E-state index contributed by atoms with van der Waals surface area (Å²) in [7, 11) is 0. The minimum atomic E-state index is -0.494. The molecule has 1 saturated heterocycles. The van der Waals surface area contributed by atoms with Crippen LogP contribution in [0.15, 0.2) is 18.2 Å². The van der Waals surface area contributed by atoms with Crippen LogP contribution in [0.4, 0.5) is 4.39 Å². The number of aryl methyl sites for hydroxylation is 1. The van der Waals surface area contributed by atoms with Crippen LogP contribution in [-0.2, 0) is 16.1 Å². The van der Waals surface area contributed by atoms with Gasteiger partial charge in [-0.1, -0.05) is 6.07 Å². The van der Waals surface area contributed by atoms with Gasteiger partial charge < -0.3 is 10.2 Å². The highest BCUT2D eigenvalue weighted by Crippen LogP contribution is 2.14. The Balaban J connectivity index is 2.17. The van der Waals surface area contributed by atoms with Crippen molar-refractivity contribution in [3.8, 4) is 0 Å². The van der Waals surface area contributed by atoms with Gasteiger partial charge in [0.15, 0.2) is 0 Å². The Morgan fingerprint density at radius 1 is 1.44 bits per heavy atom. The van der Waals surface area contributed by atoms with Crippen molar-refractivity contribution in [1.82, 2.24) is 10.2 Å². The Labute approximate surface area is 105 Å². The summed E-state index contributed by atoms with van der Waals surface area (Å²) in [4.78, 5) is 24.8. The molecule has 1 heterocycles. The van der Waals surface area contributed by atoms with E-state index >= 15 is 0 Å². The Hall–Kier alpha value is -1.91. The third-order valence-electron chi connectivity index (χ3n) is 3.06. The average Bonchev–Trinajstić information content (AvgIpc) is 2.29. The Kier molecular flexibility index (Phi) is 3.32. The predicted molar refractivity (Wildman–Crippen MR) is 64.2 cm³/mol. The monoisotopic (exact) mass is 250 g/mol. The summed E-state index contributed by atoms with van der Waals surface area (Å²) in [5.41, 5.74) is 1.63. The van der Waals surface area contributed by atoms with E-state index in [1.54, 1.807) is 19.9 Å². The van der Waals surface area contributed by atoms with Crippen LogP contribution in [0.5, 0.6) is 0 Å². The normalized spacial score (nSPS) is 19.9. The van der Waals surface area contributed by atoms with Gasteiger partial charge in [-0.2, -0.15) is 0 Å². The van der Waals surface area contributed by atoms with E-state index in [4.69, 9.17) is 0 Å². The van der Waals surface area contributed by atoms with Gasteiger partial charge in [-0.3, -0.25) is 9.59 Å². The van der Waals surface area contributed by atoms with E-state index in [1.807, 2.05) is 0 Å². The molecule has 0 saturated carbocycles. The largest absolute Gasteiger partial charge is 0.343 e. The zero-order valence-corrected chi connectivity index (χ0v) is 10.4. The Morgan fingerprint density at radius 3 is 2.83 bits per heavy atom. The third-order valence-corrected chi connectivity index (χ3v) is 3.06. The van der Waals surface area contributed by atoms with E-state index < -0.39 is 6.04 Å². The lowest BCUT2D eigenvalue weighted by Crippen LogP contribution is -2.56. The summed E-state index contributed by atoms with van der Waals surface area (Å²) in [5.74, 6) is -0.576. The highest BCUT2D eigenvalue weighted by molar-refractivity contribution is 5.94. The zero-order valence-electron chi connectivity index (χ0n) is 10.4. The van der Waals surface area contributed by atoms with E-state index in [-0.39, 0.29) is 24.2 Å². The smallest absolute Gasteiger partial charge is 0.245 e. The molecule has 1 aromatic carbocycles. The summed E-state index contributed by atoms with van der Waals surface area (Å²) in [6, 6.07) is 3.94. The molecule has 1 fully saturated rings. The quantitative estimate of drug-likeness (QED) is 0.850. The molecule has 1 unspecified atom stereocenters. The van der Waals surface area contributed by atoms with Gasteiger partial charge in [0.1, 0.15) is 11.9 Å². The summed E-state index contributed by atoms with van der Waals surface area (Å²) in [6.45, 7) is 3.84. The van der Waals surface area contributed by atoms with Crippen molar-refractivity contribution < 1.29 is 14.0 Å². The van der Waals surface area contributed by atoms with Crippen LogP contribution in [0, 0.1) is 12.7 Å². The first-order chi connectivity index (χ1) is 8.47. The molecule has 1 aliphatic heterocycles. The second kappa shape index (κ2) is 4.76. The summed E-state index contributed by atoms with van der Waals surface area (Å²) in [5, 5.41) is 2.58. The number of hydrogen-bond donors (Lipinski definition) is 1. The van der Waals surface area contributed by atoms with Gasteiger partial charge in [-0.25, -0.2) is 4.39 Å². The number of hydrogen-bond acceptors (Lipinski definition) is 2. The molecular weight excluding hydrogens is 235 g/mol. The predicted octanol–water partition coefficient (Wildman–Crippen LogP) is 0.981. The SMILES string of the molecule is Cc1cc(F)ccc1CN1CC(=O)NC(C)C1=O. The minimum absolute atomic E-state index is 0.0555. The molecule has 0 radical (unpaired) electrons. The van der Waals surface area contributed by atoms with Crippen molar-refractivity contribution in [2.75, 3.05) is 6.54 Å². The van der Waals surface area contributed by atoms with Crippen molar-refractivity contribution in [2.24, 2.45) is 0 Å². The third kappa shape index (κ3) is 2.50. The van der Waals surface area contributed by atoms with E-state index in [2.05, 4.69) is 5.32 Å². The number of nitrogens with zero attached hydrogens (tertiary/aromatic N) is 1. The first kappa shape index (κ1) is 12.5. The van der Waals surface area contributed by atoms with Crippen LogP contribution in [0.3, 0.4) is 0 Å². The number of benzene rings is 1. The molecule has 0 aliphatic carbocycles. The average molecular weight is 250 g/mol. The van der Waals surface area contributed by atoms with Crippen LogP contribution in [0.25, 0.3) is 0 Å². The minimum Gasteiger partial charge on any atom is -0.343 e. The Morgan fingerprint density at radius 2 is 2.17 bits per heavy atom. The second-order valence-corrected chi connectivity index (χ2v) is 4.55. The molecule has 0 bridgehead atoms. The summed E-state index contributed by atoms with van der Waals surface area (Å²) < 4.78 is 13.0. The highest BCUT2D eigenvalue weighted by Gasteiger charge is 2.29. The molecule has 0 aromatic heterocycles. The van der Waals surface area contributed by atoms with Gasteiger partial charge in [0, 0.05) is 6.54 Å². The maximum absolute atomic E-state index is 13.0. The maximum atomic E-state index is 13.0. The number of carbonyl (C=O) groups excluding carboxylic acids is 2. The topological polar surface area (TPSA) is 49.4 Å². The first-order valence-electron chi connectivity index (χ1n) is 5.80. The van der Waals surface area contributed by atoms with Gasteiger partial charge in [-0.05, 0) is 37.1 Å². The molecular formula is C13H15FN2O2. The van der Waals surface area contributed by atoms with Crippen LogP contribution in [-0.4, -0.2) is 29.3 Å². The lowest BCUT2D eigenvalue weighted by atomic mass is 10.1. The lowest BCUT2D eigenvalue weighted by Gasteiger charge is -2.31. The molecule has 2 rings (SSSR count). The van der Waals surface area contributed by atoms with Gasteiger partial charge in [0.05, 0.1) is 6.54 Å². The molecule has 5 heteroatoms. The molecule has 96 valence electrons. The van der Waals surface area contributed by atoms with Gasteiger partial charge >= 0.3 is 0 Å². The van der Waals surface area contributed by atoms with Gasteiger partial charge in [0.25, 0.3) is 0 Å². The maximum Gasteiger partial charge on any atom is 0.245 e. The fourth-order valence-corrected chi connectivity index (χ4v) is 2.05. The first-order valence-corrected chi connectivity index (χ1v) is 5.80. The lowest BCUT2D eigenvalue weighted by molar-refractivity contribution is -0.144. The summed E-state index contributed by atoms with van der Waals surface area (Å²) in [6.07, 6.45) is 0. The fourth-order valence-electron chi connectivity index (χ4n) is 2.05. The fraction of sp³-hybridized carbons (Fsp3) is 0.385. The molecule has 1 aromatic rings. The molecule has 0 spiro atoms. The molecule has 1 aliphatic rings. The van der Waals surface area contributed by atoms with Gasteiger partial charge in [0.2, 0.25) is 11.8 Å². The van der Waals surface area contributed by atoms with E-state index in [0.29, 0.717) is 6.54 Å². The van der Waals surface area contributed by atoms with E-state index in [1.165, 1.54) is 17.0 Å². The number of piperazine rings is 1. The van der Waals surface area contributed by atoms with Crippen LogP contribution in [0.2, 0.25) is 0 Å². The standard InChI is InChI=1S/C13H15FN2O2/c1-8-5-11(14)4-3-10(8)6-16-7-12(17)15-9(2)13(16)18/h3-5,9H,6-7H2,1-2H3,(H,15,17). The van der Waals surface area contributed by atoms with Crippen molar-refractivity contribution in [2.45, 2.75) is 26.4 Å². The van der Waals surface area contributed by atoms with Crippen LogP contribution < -0.4 is 5.32 Å². The zero-order chi connectivity index (χ0) is 13.3. The molecule has 18 heavy (non-hydrogen) atoms. The number of amides is 2. The number of nitrogens with one attached hydrogen (secondary N) is 1. The van der Waals surface area contributed by atoms with Gasteiger partial charge in [-0.15, -0.1) is 0 Å². The molecule has 1 atom stereocenters. The van der Waals surface area contributed by atoms with Crippen LogP contribution >= 0.6 is 0 Å². The van der Waals surface area contributed by atoms with Crippen molar-refractivity contribution >= 4 is 11.8 Å². The van der Waals surface area contributed by atoms with Crippen LogP contribution in [0.1, 0.15) is 18.1 Å². The van der Waals surface area contributed by atoms with E-state index in [9.17, 15) is 14.0 Å². The number of carbonyl (C=O) groups is 2. The number of halogens is 1. The molecule has 4 nitrogen and oxygen atoms in total. The molecule has 2 amide bonds. The Bertz CT molecular complexity index is 502. The highest BCUT2D eigenvalue weighted by atomic mass is 19.1. The van der Waals surface area contributed by atoms with Crippen molar-refractivity contribution in [3.05, 3.63) is 35.1 Å². The summed E-state index contributed by atoms with van der Waals surface area (Å²) >= 11 is 0.